The van der Waals surface area contributed by atoms with Crippen molar-refractivity contribution in [2.45, 2.75) is 38.8 Å². The van der Waals surface area contributed by atoms with Crippen LogP contribution in [-0.2, 0) is 18.3 Å². The molecule has 1 aliphatic rings. The highest BCUT2D eigenvalue weighted by Crippen LogP contribution is 2.25. The SMILES string of the molecule is CCNC(=NCc1cc(Cl)c(Cl)n1C)NCCC1CCCO1. The summed E-state index contributed by atoms with van der Waals surface area (Å²) in [6.45, 7) is 5.14. The average Bonchev–Trinajstić information content (AvgIpc) is 3.10. The minimum absolute atomic E-state index is 0.390. The van der Waals surface area contributed by atoms with E-state index in [0.29, 0.717) is 22.8 Å². The second-order valence-corrected chi connectivity index (χ2v) is 6.14. The van der Waals surface area contributed by atoms with E-state index >= 15 is 0 Å². The van der Waals surface area contributed by atoms with Crippen LogP contribution in [0.4, 0.5) is 0 Å². The molecule has 2 heterocycles. The van der Waals surface area contributed by atoms with Crippen LogP contribution in [0.25, 0.3) is 0 Å². The van der Waals surface area contributed by atoms with Crippen molar-refractivity contribution in [3.8, 4) is 0 Å². The minimum atomic E-state index is 0.390. The van der Waals surface area contributed by atoms with Gasteiger partial charge in [0.15, 0.2) is 5.96 Å². The fourth-order valence-electron chi connectivity index (χ4n) is 2.47. The molecule has 1 saturated heterocycles. The molecule has 0 bridgehead atoms. The summed E-state index contributed by atoms with van der Waals surface area (Å²) in [7, 11) is 1.89. The first-order chi connectivity index (χ1) is 10.6. The number of ether oxygens (including phenoxy) is 1. The zero-order valence-electron chi connectivity index (χ0n) is 13.2. The summed E-state index contributed by atoms with van der Waals surface area (Å²) in [5, 5.41) is 7.69. The van der Waals surface area contributed by atoms with Gasteiger partial charge in [0.25, 0.3) is 0 Å². The Hall–Kier alpha value is -0.910. The van der Waals surface area contributed by atoms with Gasteiger partial charge in [0.2, 0.25) is 0 Å². The van der Waals surface area contributed by atoms with Crippen molar-refractivity contribution < 1.29 is 4.74 Å². The highest BCUT2D eigenvalue weighted by Gasteiger charge is 2.15. The van der Waals surface area contributed by atoms with Crippen LogP contribution in [0.3, 0.4) is 0 Å². The Bertz CT molecular complexity index is 510. The van der Waals surface area contributed by atoms with Crippen LogP contribution >= 0.6 is 23.2 Å². The summed E-state index contributed by atoms with van der Waals surface area (Å²) in [5.74, 6) is 0.800. The maximum atomic E-state index is 6.07. The van der Waals surface area contributed by atoms with Gasteiger partial charge in [-0.15, -0.1) is 0 Å². The van der Waals surface area contributed by atoms with Crippen LogP contribution in [0.2, 0.25) is 10.2 Å². The Labute approximate surface area is 142 Å². The Morgan fingerprint density at radius 1 is 1.45 bits per heavy atom. The number of halogens is 2. The van der Waals surface area contributed by atoms with E-state index in [1.54, 1.807) is 0 Å². The average molecular weight is 347 g/mol. The topological polar surface area (TPSA) is 50.6 Å². The molecule has 0 saturated carbocycles. The smallest absolute Gasteiger partial charge is 0.191 e. The lowest BCUT2D eigenvalue weighted by atomic mass is 10.2. The Balaban J connectivity index is 1.86. The molecule has 5 nitrogen and oxygen atoms in total. The zero-order chi connectivity index (χ0) is 15.9. The van der Waals surface area contributed by atoms with E-state index in [4.69, 9.17) is 27.9 Å². The van der Waals surface area contributed by atoms with Crippen LogP contribution in [0.1, 0.15) is 31.9 Å². The van der Waals surface area contributed by atoms with Gasteiger partial charge >= 0.3 is 0 Å². The molecule has 1 unspecified atom stereocenters. The molecule has 0 aliphatic carbocycles. The van der Waals surface area contributed by atoms with Crippen molar-refractivity contribution in [1.82, 2.24) is 15.2 Å². The third kappa shape index (κ3) is 4.80. The van der Waals surface area contributed by atoms with Crippen LogP contribution in [0.5, 0.6) is 0 Å². The summed E-state index contributed by atoms with van der Waals surface area (Å²) in [6.07, 6.45) is 3.73. The predicted octanol–water partition coefficient (Wildman–Crippen LogP) is 2.96. The molecule has 7 heteroatoms. The number of nitrogens with zero attached hydrogens (tertiary/aromatic N) is 2. The molecule has 1 aromatic heterocycles. The van der Waals surface area contributed by atoms with Crippen molar-refractivity contribution in [2.75, 3.05) is 19.7 Å². The zero-order valence-corrected chi connectivity index (χ0v) is 14.7. The summed E-state index contributed by atoms with van der Waals surface area (Å²) < 4.78 is 7.47. The van der Waals surface area contributed by atoms with E-state index in [9.17, 15) is 0 Å². The lowest BCUT2D eigenvalue weighted by Crippen LogP contribution is -2.38. The van der Waals surface area contributed by atoms with Crippen molar-refractivity contribution in [2.24, 2.45) is 12.0 Å². The maximum absolute atomic E-state index is 6.07. The van der Waals surface area contributed by atoms with E-state index < -0.39 is 0 Å². The van der Waals surface area contributed by atoms with E-state index in [-0.39, 0.29) is 0 Å². The van der Waals surface area contributed by atoms with Crippen molar-refractivity contribution in [1.29, 1.82) is 0 Å². The molecule has 2 N–H and O–H groups in total. The largest absolute Gasteiger partial charge is 0.378 e. The number of guanidine groups is 1. The second kappa shape index (κ2) is 8.65. The number of aromatic nitrogens is 1. The summed E-state index contributed by atoms with van der Waals surface area (Å²) in [4.78, 5) is 4.58. The predicted molar refractivity (Wildman–Crippen MR) is 91.8 cm³/mol. The Kier molecular flexibility index (Phi) is 6.86. The number of rotatable bonds is 6. The Morgan fingerprint density at radius 2 is 2.27 bits per heavy atom. The van der Waals surface area contributed by atoms with Gasteiger partial charge in [-0.2, -0.15) is 0 Å². The molecule has 2 rings (SSSR count). The molecule has 1 aromatic rings. The van der Waals surface area contributed by atoms with Gasteiger partial charge in [-0.25, -0.2) is 4.99 Å². The fraction of sp³-hybridized carbons (Fsp3) is 0.667. The second-order valence-electron chi connectivity index (χ2n) is 5.38. The third-order valence-corrected chi connectivity index (χ3v) is 4.58. The van der Waals surface area contributed by atoms with Crippen LogP contribution in [-0.4, -0.2) is 36.3 Å². The quantitative estimate of drug-likeness (QED) is 0.615. The molecule has 0 amide bonds. The third-order valence-electron chi connectivity index (χ3n) is 3.74. The molecule has 0 radical (unpaired) electrons. The summed E-state index contributed by atoms with van der Waals surface area (Å²) in [5.41, 5.74) is 0.978. The van der Waals surface area contributed by atoms with Crippen LogP contribution in [0, 0.1) is 0 Å². The molecule has 1 atom stereocenters. The maximum Gasteiger partial charge on any atom is 0.191 e. The van der Waals surface area contributed by atoms with Crippen LogP contribution < -0.4 is 10.6 Å². The first kappa shape index (κ1) is 17.4. The standard InChI is InChI=1S/C15H24Cl2N4O/c1-3-18-15(19-7-6-12-5-4-8-22-12)20-10-11-9-13(16)14(17)21(11)2/h9,12H,3-8,10H2,1-2H3,(H2,18,19,20). The number of aliphatic imine (C=N–C) groups is 1. The van der Waals surface area contributed by atoms with E-state index in [1.165, 1.54) is 6.42 Å². The first-order valence-electron chi connectivity index (χ1n) is 7.75. The van der Waals surface area contributed by atoms with Gasteiger partial charge in [-0.1, -0.05) is 23.2 Å². The molecule has 1 aliphatic heterocycles. The van der Waals surface area contributed by atoms with Gasteiger partial charge in [0.05, 0.1) is 17.7 Å². The number of hydrogen-bond acceptors (Lipinski definition) is 2. The summed E-state index contributed by atoms with van der Waals surface area (Å²) >= 11 is 12.1. The lowest BCUT2D eigenvalue weighted by Gasteiger charge is -2.13. The molecular formula is C15H24Cl2N4O. The molecule has 22 heavy (non-hydrogen) atoms. The fourth-order valence-corrected chi connectivity index (χ4v) is 2.88. The van der Waals surface area contributed by atoms with Crippen molar-refractivity contribution in [3.63, 3.8) is 0 Å². The monoisotopic (exact) mass is 346 g/mol. The van der Waals surface area contributed by atoms with Gasteiger partial charge in [0, 0.05) is 32.4 Å². The normalized spacial score (nSPS) is 18.7. The highest BCUT2D eigenvalue weighted by atomic mass is 35.5. The van der Waals surface area contributed by atoms with E-state index in [2.05, 4.69) is 15.6 Å². The Morgan fingerprint density at radius 3 is 2.86 bits per heavy atom. The van der Waals surface area contributed by atoms with Crippen LogP contribution in [0.15, 0.2) is 11.1 Å². The lowest BCUT2D eigenvalue weighted by molar-refractivity contribution is 0.105. The first-order valence-corrected chi connectivity index (χ1v) is 8.50. The van der Waals surface area contributed by atoms with Crippen molar-refractivity contribution >= 4 is 29.2 Å². The highest BCUT2D eigenvalue weighted by molar-refractivity contribution is 6.41. The van der Waals surface area contributed by atoms with Gasteiger partial charge in [-0.3, -0.25) is 0 Å². The van der Waals surface area contributed by atoms with Gasteiger partial charge in [-0.05, 0) is 32.3 Å². The molecule has 124 valence electrons. The molecular weight excluding hydrogens is 323 g/mol. The number of hydrogen-bond donors (Lipinski definition) is 2. The summed E-state index contributed by atoms with van der Waals surface area (Å²) in [6, 6.07) is 1.85. The van der Waals surface area contributed by atoms with Gasteiger partial charge in [0.1, 0.15) is 5.15 Å². The molecule has 0 spiro atoms. The van der Waals surface area contributed by atoms with E-state index in [0.717, 1.165) is 44.2 Å². The number of nitrogens with one attached hydrogen (secondary N) is 2. The minimum Gasteiger partial charge on any atom is -0.378 e. The van der Waals surface area contributed by atoms with Crippen molar-refractivity contribution in [3.05, 3.63) is 21.9 Å². The van der Waals surface area contributed by atoms with E-state index in [1.807, 2.05) is 24.6 Å². The van der Waals surface area contributed by atoms with Gasteiger partial charge < -0.3 is 19.9 Å². The molecule has 0 aromatic carbocycles. The molecule has 1 fully saturated rings.